The normalized spacial score (nSPS) is 26.6. The van der Waals surface area contributed by atoms with Gasteiger partial charge in [0.15, 0.2) is 0 Å². The zero-order valence-electron chi connectivity index (χ0n) is 13.3. The van der Waals surface area contributed by atoms with E-state index in [1.165, 1.54) is 6.42 Å². The topological polar surface area (TPSA) is 53.3 Å². The second-order valence-electron chi connectivity index (χ2n) is 6.50. The maximum Gasteiger partial charge on any atom is 0.320 e. The maximum absolute atomic E-state index is 12.0. The molecule has 20 heavy (non-hydrogen) atoms. The van der Waals surface area contributed by atoms with E-state index in [1.54, 1.807) is 0 Å². The van der Waals surface area contributed by atoms with Crippen LogP contribution in [0.2, 0.25) is 0 Å². The van der Waals surface area contributed by atoms with E-state index in [1.807, 2.05) is 11.9 Å². The van der Waals surface area contributed by atoms with Gasteiger partial charge in [-0.05, 0) is 37.6 Å². The van der Waals surface area contributed by atoms with Crippen LogP contribution in [0.15, 0.2) is 0 Å². The van der Waals surface area contributed by atoms with Gasteiger partial charge >= 0.3 is 5.97 Å². The number of nitriles is 1. The van der Waals surface area contributed by atoms with Crippen molar-refractivity contribution in [2.45, 2.75) is 52.6 Å². The molecular formula is C16H28N2O2. The molecule has 1 rings (SSSR count). The number of rotatable bonds is 6. The molecule has 1 aliphatic rings. The van der Waals surface area contributed by atoms with Gasteiger partial charge in [0, 0.05) is 13.0 Å². The van der Waals surface area contributed by atoms with Crippen molar-refractivity contribution >= 4 is 5.97 Å². The summed E-state index contributed by atoms with van der Waals surface area (Å²) in [6.07, 6.45) is 3.88. The first-order chi connectivity index (χ1) is 9.43. The van der Waals surface area contributed by atoms with Crippen molar-refractivity contribution in [2.75, 3.05) is 20.1 Å². The lowest BCUT2D eigenvalue weighted by atomic mass is 9.75. The van der Waals surface area contributed by atoms with Crippen LogP contribution in [0.1, 0.15) is 46.5 Å². The summed E-state index contributed by atoms with van der Waals surface area (Å²) in [6.45, 7) is 7.54. The third-order valence-corrected chi connectivity index (χ3v) is 4.25. The maximum atomic E-state index is 12.0. The van der Waals surface area contributed by atoms with Gasteiger partial charge in [0.2, 0.25) is 0 Å². The Morgan fingerprint density at radius 1 is 1.45 bits per heavy atom. The second-order valence-corrected chi connectivity index (χ2v) is 6.50. The Balaban J connectivity index is 2.47. The van der Waals surface area contributed by atoms with Crippen molar-refractivity contribution in [3.63, 3.8) is 0 Å². The van der Waals surface area contributed by atoms with Crippen LogP contribution in [0, 0.1) is 29.1 Å². The third-order valence-electron chi connectivity index (χ3n) is 4.25. The highest BCUT2D eigenvalue weighted by atomic mass is 16.5. The summed E-state index contributed by atoms with van der Waals surface area (Å²) in [4.78, 5) is 13.9. The van der Waals surface area contributed by atoms with Gasteiger partial charge < -0.3 is 4.74 Å². The molecule has 0 spiro atoms. The Hall–Kier alpha value is -1.08. The average Bonchev–Trinajstić information content (AvgIpc) is 2.35. The van der Waals surface area contributed by atoms with Crippen LogP contribution in [-0.4, -0.2) is 37.1 Å². The lowest BCUT2D eigenvalue weighted by Crippen LogP contribution is -2.38. The molecule has 4 heteroatoms. The SMILES string of the molecule is CC1CCC(C(C)C)C(OC(=O)CN(C)CCC#N)C1. The van der Waals surface area contributed by atoms with Gasteiger partial charge in [0.25, 0.3) is 0 Å². The minimum atomic E-state index is -0.157. The standard InChI is InChI=1S/C16H28N2O2/c1-12(2)14-7-6-13(3)10-15(14)20-16(19)11-18(4)9-5-8-17/h12-15H,5-7,9-11H2,1-4H3. The molecular weight excluding hydrogens is 252 g/mol. The molecule has 0 amide bonds. The minimum absolute atomic E-state index is 0.0654. The Labute approximate surface area is 123 Å². The number of ether oxygens (including phenoxy) is 1. The van der Waals surface area contributed by atoms with Gasteiger partial charge in [-0.2, -0.15) is 5.26 Å². The monoisotopic (exact) mass is 280 g/mol. The summed E-state index contributed by atoms with van der Waals surface area (Å²) in [6, 6.07) is 2.09. The number of hydrogen-bond donors (Lipinski definition) is 0. The van der Waals surface area contributed by atoms with Crippen molar-refractivity contribution < 1.29 is 9.53 Å². The van der Waals surface area contributed by atoms with Crippen LogP contribution in [0.25, 0.3) is 0 Å². The number of carbonyl (C=O) groups excluding carboxylic acids is 1. The first-order valence-electron chi connectivity index (χ1n) is 7.69. The first kappa shape index (κ1) is 17.0. The Morgan fingerprint density at radius 2 is 2.15 bits per heavy atom. The van der Waals surface area contributed by atoms with Crippen molar-refractivity contribution in [2.24, 2.45) is 17.8 Å². The van der Waals surface area contributed by atoms with E-state index in [0.717, 1.165) is 12.8 Å². The lowest BCUT2D eigenvalue weighted by Gasteiger charge is -2.36. The molecule has 0 aromatic rings. The van der Waals surface area contributed by atoms with Gasteiger partial charge in [0.1, 0.15) is 6.10 Å². The fraction of sp³-hybridized carbons (Fsp3) is 0.875. The zero-order valence-corrected chi connectivity index (χ0v) is 13.3. The summed E-state index contributed by atoms with van der Waals surface area (Å²) in [5.74, 6) is 1.52. The quantitative estimate of drug-likeness (QED) is 0.702. The highest BCUT2D eigenvalue weighted by molar-refractivity contribution is 5.71. The largest absolute Gasteiger partial charge is 0.461 e. The van der Waals surface area contributed by atoms with E-state index in [4.69, 9.17) is 10.00 Å². The lowest BCUT2D eigenvalue weighted by molar-refractivity contribution is -0.156. The molecule has 0 bridgehead atoms. The van der Waals surface area contributed by atoms with Crippen molar-refractivity contribution in [1.29, 1.82) is 5.26 Å². The molecule has 114 valence electrons. The summed E-state index contributed by atoms with van der Waals surface area (Å²) in [5.41, 5.74) is 0. The fourth-order valence-corrected chi connectivity index (χ4v) is 3.00. The van der Waals surface area contributed by atoms with Crippen LogP contribution < -0.4 is 0 Å². The predicted molar refractivity (Wildman–Crippen MR) is 79.0 cm³/mol. The molecule has 0 N–H and O–H groups in total. The van der Waals surface area contributed by atoms with Crippen LogP contribution in [0.4, 0.5) is 0 Å². The summed E-state index contributed by atoms with van der Waals surface area (Å²) >= 11 is 0. The number of nitrogens with zero attached hydrogens (tertiary/aromatic N) is 2. The molecule has 1 fully saturated rings. The second kappa shape index (κ2) is 8.26. The van der Waals surface area contributed by atoms with Crippen LogP contribution in [0.3, 0.4) is 0 Å². The molecule has 0 aromatic heterocycles. The first-order valence-corrected chi connectivity index (χ1v) is 7.69. The third kappa shape index (κ3) is 5.50. The number of likely N-dealkylation sites (N-methyl/N-ethyl adjacent to an activating group) is 1. The van der Waals surface area contributed by atoms with Crippen molar-refractivity contribution in [1.82, 2.24) is 4.90 Å². The fourth-order valence-electron chi connectivity index (χ4n) is 3.00. The Morgan fingerprint density at radius 3 is 2.75 bits per heavy atom. The van der Waals surface area contributed by atoms with Crippen LogP contribution >= 0.6 is 0 Å². The van der Waals surface area contributed by atoms with E-state index in [2.05, 4.69) is 26.8 Å². The number of esters is 1. The number of hydrogen-bond acceptors (Lipinski definition) is 4. The van der Waals surface area contributed by atoms with Crippen molar-refractivity contribution in [3.8, 4) is 6.07 Å². The molecule has 0 aliphatic heterocycles. The average molecular weight is 280 g/mol. The zero-order chi connectivity index (χ0) is 15.1. The molecule has 0 heterocycles. The van der Waals surface area contributed by atoms with E-state index in [-0.39, 0.29) is 18.6 Å². The molecule has 0 radical (unpaired) electrons. The van der Waals surface area contributed by atoms with E-state index < -0.39 is 0 Å². The molecule has 3 atom stereocenters. The minimum Gasteiger partial charge on any atom is -0.461 e. The molecule has 1 aliphatic carbocycles. The van der Waals surface area contributed by atoms with E-state index in [9.17, 15) is 4.79 Å². The van der Waals surface area contributed by atoms with Gasteiger partial charge in [-0.25, -0.2) is 0 Å². The highest BCUT2D eigenvalue weighted by Crippen LogP contribution is 2.35. The predicted octanol–water partition coefficient (Wildman–Crippen LogP) is 2.84. The van der Waals surface area contributed by atoms with Crippen LogP contribution in [0.5, 0.6) is 0 Å². The van der Waals surface area contributed by atoms with E-state index >= 15 is 0 Å². The van der Waals surface area contributed by atoms with Crippen LogP contribution in [-0.2, 0) is 9.53 Å². The van der Waals surface area contributed by atoms with Gasteiger partial charge in [0.05, 0.1) is 12.6 Å². The van der Waals surface area contributed by atoms with Crippen molar-refractivity contribution in [3.05, 3.63) is 0 Å². The summed E-state index contributed by atoms with van der Waals surface area (Å²) in [7, 11) is 1.85. The number of carbonyl (C=O) groups is 1. The molecule has 0 saturated heterocycles. The molecule has 3 unspecified atom stereocenters. The van der Waals surface area contributed by atoms with Gasteiger partial charge in [-0.15, -0.1) is 0 Å². The van der Waals surface area contributed by atoms with E-state index in [0.29, 0.717) is 30.7 Å². The smallest absolute Gasteiger partial charge is 0.320 e. The summed E-state index contributed by atoms with van der Waals surface area (Å²) < 4.78 is 5.72. The van der Waals surface area contributed by atoms with Gasteiger partial charge in [-0.3, -0.25) is 9.69 Å². The molecule has 4 nitrogen and oxygen atoms in total. The van der Waals surface area contributed by atoms with Gasteiger partial charge in [-0.1, -0.05) is 27.2 Å². The Kier molecular flexibility index (Phi) is 7.01. The highest BCUT2D eigenvalue weighted by Gasteiger charge is 2.33. The Bertz CT molecular complexity index is 349. The summed E-state index contributed by atoms with van der Waals surface area (Å²) in [5, 5.41) is 8.54. The molecule has 1 saturated carbocycles. The molecule has 0 aromatic carbocycles.